The van der Waals surface area contributed by atoms with Gasteiger partial charge < -0.3 is 5.73 Å². The Balaban J connectivity index is 2.02. The molecular formula is C14H11Cl2N3O. The van der Waals surface area contributed by atoms with Gasteiger partial charge in [-0.25, -0.2) is 5.43 Å². The first-order chi connectivity index (χ1) is 9.56. The number of nitrogen functional groups attached to an aromatic ring is 1. The third-order valence-corrected chi connectivity index (χ3v) is 3.07. The highest BCUT2D eigenvalue weighted by atomic mass is 35.5. The van der Waals surface area contributed by atoms with E-state index in [0.29, 0.717) is 26.9 Å². The lowest BCUT2D eigenvalue weighted by Crippen LogP contribution is -2.17. The van der Waals surface area contributed by atoms with Gasteiger partial charge in [0.1, 0.15) is 0 Å². The Labute approximate surface area is 126 Å². The molecule has 0 aliphatic carbocycles. The van der Waals surface area contributed by atoms with Crippen molar-refractivity contribution in [3.63, 3.8) is 0 Å². The number of rotatable bonds is 3. The number of benzene rings is 2. The molecule has 0 heterocycles. The number of hydrogen-bond donors (Lipinski definition) is 2. The Morgan fingerprint density at radius 3 is 2.50 bits per heavy atom. The van der Waals surface area contributed by atoms with E-state index in [1.54, 1.807) is 42.5 Å². The molecule has 0 radical (unpaired) electrons. The molecule has 0 unspecified atom stereocenters. The summed E-state index contributed by atoms with van der Waals surface area (Å²) in [7, 11) is 0. The third-order valence-electron chi connectivity index (χ3n) is 2.51. The first-order valence-electron chi connectivity index (χ1n) is 5.70. The van der Waals surface area contributed by atoms with Crippen molar-refractivity contribution in [1.82, 2.24) is 5.43 Å². The van der Waals surface area contributed by atoms with Gasteiger partial charge in [0.25, 0.3) is 5.91 Å². The molecule has 20 heavy (non-hydrogen) atoms. The van der Waals surface area contributed by atoms with Crippen molar-refractivity contribution in [1.29, 1.82) is 0 Å². The number of hydrogen-bond acceptors (Lipinski definition) is 3. The number of anilines is 1. The highest BCUT2D eigenvalue weighted by Gasteiger charge is 2.03. The zero-order valence-corrected chi connectivity index (χ0v) is 11.8. The van der Waals surface area contributed by atoms with Crippen LogP contribution in [0, 0.1) is 0 Å². The Bertz CT molecular complexity index is 654. The molecule has 0 bridgehead atoms. The number of halogens is 2. The molecule has 0 aliphatic heterocycles. The maximum absolute atomic E-state index is 11.8. The lowest BCUT2D eigenvalue weighted by molar-refractivity contribution is 0.0955. The summed E-state index contributed by atoms with van der Waals surface area (Å²) in [4.78, 5) is 11.8. The van der Waals surface area contributed by atoms with Crippen LogP contribution >= 0.6 is 23.2 Å². The summed E-state index contributed by atoms with van der Waals surface area (Å²) in [5.74, 6) is -0.327. The van der Waals surface area contributed by atoms with Crippen LogP contribution in [-0.2, 0) is 0 Å². The van der Waals surface area contributed by atoms with E-state index in [-0.39, 0.29) is 5.91 Å². The van der Waals surface area contributed by atoms with Crippen molar-refractivity contribution >= 4 is 41.0 Å². The number of amides is 1. The highest BCUT2D eigenvalue weighted by Crippen LogP contribution is 2.19. The molecule has 0 spiro atoms. The molecule has 2 aromatic rings. The summed E-state index contributed by atoms with van der Waals surface area (Å²) in [6.07, 6.45) is 1.45. The van der Waals surface area contributed by atoms with Crippen molar-refractivity contribution in [3.05, 3.63) is 63.6 Å². The minimum Gasteiger partial charge on any atom is -0.399 e. The first-order valence-corrected chi connectivity index (χ1v) is 6.46. The number of nitrogens with two attached hydrogens (primary N) is 1. The van der Waals surface area contributed by atoms with Gasteiger partial charge in [-0.1, -0.05) is 29.3 Å². The quantitative estimate of drug-likeness (QED) is 0.519. The van der Waals surface area contributed by atoms with Crippen LogP contribution in [0.2, 0.25) is 10.0 Å². The zero-order valence-electron chi connectivity index (χ0n) is 10.3. The van der Waals surface area contributed by atoms with Crippen molar-refractivity contribution in [2.45, 2.75) is 0 Å². The molecule has 0 atom stereocenters. The molecule has 1 amide bonds. The minimum atomic E-state index is -0.327. The number of nitrogens with one attached hydrogen (secondary N) is 1. The second-order valence-corrected chi connectivity index (χ2v) is 4.83. The fourth-order valence-electron chi connectivity index (χ4n) is 1.47. The van der Waals surface area contributed by atoms with Crippen molar-refractivity contribution in [2.75, 3.05) is 5.73 Å². The van der Waals surface area contributed by atoms with Crippen LogP contribution in [0.25, 0.3) is 0 Å². The Morgan fingerprint density at radius 1 is 1.15 bits per heavy atom. The number of carbonyl (C=O) groups is 1. The fourth-order valence-corrected chi connectivity index (χ4v) is 1.92. The highest BCUT2D eigenvalue weighted by molar-refractivity contribution is 6.36. The zero-order chi connectivity index (χ0) is 14.5. The van der Waals surface area contributed by atoms with Crippen LogP contribution in [0.3, 0.4) is 0 Å². The standard InChI is InChI=1S/C14H11Cl2N3O/c15-11-4-1-10(13(16)7-11)8-18-19-14(20)9-2-5-12(17)6-3-9/h1-8H,17H2,(H,19,20)/b18-8-. The molecule has 2 aromatic carbocycles. The molecule has 0 aliphatic rings. The second kappa shape index (κ2) is 6.41. The molecule has 102 valence electrons. The van der Waals surface area contributed by atoms with E-state index >= 15 is 0 Å². The van der Waals surface area contributed by atoms with E-state index < -0.39 is 0 Å². The lowest BCUT2D eigenvalue weighted by Gasteiger charge is -2.01. The molecule has 4 nitrogen and oxygen atoms in total. The molecule has 6 heteroatoms. The first kappa shape index (κ1) is 14.4. The predicted molar refractivity (Wildman–Crippen MR) is 82.4 cm³/mol. The van der Waals surface area contributed by atoms with Gasteiger partial charge >= 0.3 is 0 Å². The maximum Gasteiger partial charge on any atom is 0.271 e. The maximum atomic E-state index is 11.8. The van der Waals surface area contributed by atoms with Crippen molar-refractivity contribution in [2.24, 2.45) is 5.10 Å². The van der Waals surface area contributed by atoms with Crippen LogP contribution in [0.15, 0.2) is 47.6 Å². The number of nitrogens with zero attached hydrogens (tertiary/aromatic N) is 1. The summed E-state index contributed by atoms with van der Waals surface area (Å²) < 4.78 is 0. The number of carbonyl (C=O) groups excluding carboxylic acids is 1. The Hall–Kier alpha value is -2.04. The van der Waals surface area contributed by atoms with Crippen LogP contribution in [0.4, 0.5) is 5.69 Å². The average molecular weight is 308 g/mol. The predicted octanol–water partition coefficient (Wildman–Crippen LogP) is 3.34. The largest absolute Gasteiger partial charge is 0.399 e. The van der Waals surface area contributed by atoms with Gasteiger partial charge in [-0.05, 0) is 36.4 Å². The summed E-state index contributed by atoms with van der Waals surface area (Å²) in [6.45, 7) is 0. The summed E-state index contributed by atoms with van der Waals surface area (Å²) in [5.41, 5.74) is 9.68. The van der Waals surface area contributed by atoms with E-state index in [4.69, 9.17) is 28.9 Å². The SMILES string of the molecule is Nc1ccc(C(=O)N/N=C\c2ccc(Cl)cc2Cl)cc1. The average Bonchev–Trinajstić information content (AvgIpc) is 2.42. The molecule has 0 saturated carbocycles. The van der Waals surface area contributed by atoms with Gasteiger partial charge in [-0.3, -0.25) is 4.79 Å². The molecule has 0 aromatic heterocycles. The monoisotopic (exact) mass is 307 g/mol. The lowest BCUT2D eigenvalue weighted by atomic mass is 10.2. The Kier molecular flexibility index (Phi) is 4.61. The topological polar surface area (TPSA) is 67.5 Å². The van der Waals surface area contributed by atoms with E-state index in [0.717, 1.165) is 0 Å². The van der Waals surface area contributed by atoms with Gasteiger partial charge in [0.15, 0.2) is 0 Å². The van der Waals surface area contributed by atoms with E-state index in [1.165, 1.54) is 6.21 Å². The normalized spacial score (nSPS) is 10.7. The van der Waals surface area contributed by atoms with Crippen LogP contribution in [-0.4, -0.2) is 12.1 Å². The van der Waals surface area contributed by atoms with E-state index in [1.807, 2.05) is 0 Å². The van der Waals surface area contributed by atoms with E-state index in [9.17, 15) is 4.79 Å². The minimum absolute atomic E-state index is 0.327. The van der Waals surface area contributed by atoms with Crippen molar-refractivity contribution in [3.8, 4) is 0 Å². The summed E-state index contributed by atoms with van der Waals surface area (Å²) in [5, 5.41) is 4.85. The van der Waals surface area contributed by atoms with Crippen LogP contribution < -0.4 is 11.2 Å². The fraction of sp³-hybridized carbons (Fsp3) is 0. The molecular weight excluding hydrogens is 297 g/mol. The van der Waals surface area contributed by atoms with Crippen molar-refractivity contribution < 1.29 is 4.79 Å². The van der Waals surface area contributed by atoms with Crippen LogP contribution in [0.1, 0.15) is 15.9 Å². The van der Waals surface area contributed by atoms with Gasteiger partial charge in [-0.2, -0.15) is 5.10 Å². The summed E-state index contributed by atoms with van der Waals surface area (Å²) >= 11 is 11.8. The van der Waals surface area contributed by atoms with Gasteiger partial charge in [0.2, 0.25) is 0 Å². The van der Waals surface area contributed by atoms with Crippen LogP contribution in [0.5, 0.6) is 0 Å². The van der Waals surface area contributed by atoms with E-state index in [2.05, 4.69) is 10.5 Å². The molecule has 0 fully saturated rings. The smallest absolute Gasteiger partial charge is 0.271 e. The van der Waals surface area contributed by atoms with Gasteiger partial charge in [0.05, 0.1) is 11.2 Å². The molecule has 0 saturated heterocycles. The van der Waals surface area contributed by atoms with Gasteiger partial charge in [0, 0.05) is 21.8 Å². The second-order valence-electron chi connectivity index (χ2n) is 3.99. The third kappa shape index (κ3) is 3.73. The molecule has 3 N–H and O–H groups in total. The number of hydrazone groups is 1. The van der Waals surface area contributed by atoms with Gasteiger partial charge in [-0.15, -0.1) is 0 Å². The molecule has 2 rings (SSSR count). The Morgan fingerprint density at radius 2 is 1.85 bits per heavy atom. The summed E-state index contributed by atoms with van der Waals surface area (Å²) in [6, 6.07) is 11.5.